The fourth-order valence-corrected chi connectivity index (χ4v) is 2.27. The second-order valence-electron chi connectivity index (χ2n) is 3.96. The molecular weight excluding hydrogens is 264 g/mol. The number of nitrogens with one attached hydrogen (secondary N) is 1. The molecule has 0 aliphatic carbocycles. The molecule has 2 aromatic rings. The van der Waals surface area contributed by atoms with Gasteiger partial charge in [0, 0.05) is 6.20 Å². The van der Waals surface area contributed by atoms with E-state index in [1.54, 1.807) is 6.92 Å². The summed E-state index contributed by atoms with van der Waals surface area (Å²) in [5, 5.41) is 0.747. The van der Waals surface area contributed by atoms with Gasteiger partial charge in [-0.2, -0.15) is 0 Å². The molecule has 0 fully saturated rings. The average Bonchev–Trinajstić information content (AvgIpc) is 2.39. The highest BCUT2D eigenvalue weighted by Crippen LogP contribution is 2.19. The van der Waals surface area contributed by atoms with E-state index in [-0.39, 0.29) is 17.7 Å². The van der Waals surface area contributed by atoms with Gasteiger partial charge >= 0.3 is 5.97 Å². The number of rotatable bonds is 3. The van der Waals surface area contributed by atoms with Crippen LogP contribution in [0.4, 0.5) is 0 Å². The van der Waals surface area contributed by atoms with E-state index >= 15 is 0 Å². The Hall–Kier alpha value is -1.82. The maximum atomic E-state index is 12.3. The molecule has 0 saturated carbocycles. The van der Waals surface area contributed by atoms with E-state index in [1.165, 1.54) is 18.0 Å². The molecule has 0 bridgehead atoms. The molecule has 2 aromatic heterocycles. The minimum atomic E-state index is -0.625. The first-order valence-corrected chi connectivity index (χ1v) is 7.05. The molecule has 6 heteroatoms. The van der Waals surface area contributed by atoms with Gasteiger partial charge < -0.3 is 9.72 Å². The standard InChI is InChI=1S/C13H14N2O3S/c1-4-18-13(17)8-6-14-10-7(2)5-9(19-3)15-11(10)12(8)16/h5-6H,4H2,1-3H3,(H,14,16). The van der Waals surface area contributed by atoms with E-state index in [2.05, 4.69) is 9.97 Å². The summed E-state index contributed by atoms with van der Waals surface area (Å²) in [6.07, 6.45) is 3.27. The van der Waals surface area contributed by atoms with Gasteiger partial charge in [0.2, 0.25) is 5.43 Å². The van der Waals surface area contributed by atoms with Crippen molar-refractivity contribution in [1.82, 2.24) is 9.97 Å². The number of nitrogens with zero attached hydrogens (tertiary/aromatic N) is 1. The van der Waals surface area contributed by atoms with E-state index in [0.29, 0.717) is 5.52 Å². The van der Waals surface area contributed by atoms with Crippen LogP contribution in [-0.4, -0.2) is 28.8 Å². The predicted octanol–water partition coefficient (Wildman–Crippen LogP) is 2.13. The summed E-state index contributed by atoms with van der Waals surface area (Å²) >= 11 is 1.45. The predicted molar refractivity (Wildman–Crippen MR) is 74.8 cm³/mol. The number of H-pyrrole nitrogens is 1. The van der Waals surface area contributed by atoms with Crippen LogP contribution in [0.2, 0.25) is 0 Å². The van der Waals surface area contributed by atoms with E-state index in [0.717, 1.165) is 10.6 Å². The lowest BCUT2D eigenvalue weighted by Crippen LogP contribution is -2.19. The Kier molecular flexibility index (Phi) is 3.90. The number of esters is 1. The maximum Gasteiger partial charge on any atom is 0.343 e. The van der Waals surface area contributed by atoms with E-state index in [4.69, 9.17) is 4.74 Å². The SMILES string of the molecule is CCOC(=O)c1c[nH]c2c(C)cc(SC)nc2c1=O. The summed E-state index contributed by atoms with van der Waals surface area (Å²) in [6, 6.07) is 1.90. The van der Waals surface area contributed by atoms with Crippen LogP contribution in [0.25, 0.3) is 11.0 Å². The second kappa shape index (κ2) is 5.44. The molecule has 0 aliphatic rings. The summed E-state index contributed by atoms with van der Waals surface area (Å²) in [5.41, 5.74) is 1.43. The zero-order chi connectivity index (χ0) is 14.0. The second-order valence-corrected chi connectivity index (χ2v) is 4.78. The highest BCUT2D eigenvalue weighted by molar-refractivity contribution is 7.98. The van der Waals surface area contributed by atoms with Gasteiger partial charge in [0.15, 0.2) is 0 Å². The molecule has 100 valence electrons. The minimum absolute atomic E-state index is 0.0143. The third-order valence-electron chi connectivity index (χ3n) is 2.72. The largest absolute Gasteiger partial charge is 0.462 e. The summed E-state index contributed by atoms with van der Waals surface area (Å²) in [6.45, 7) is 3.82. The number of ether oxygens (including phenoxy) is 1. The van der Waals surface area contributed by atoms with Crippen molar-refractivity contribution in [2.75, 3.05) is 12.9 Å². The van der Waals surface area contributed by atoms with Crippen molar-refractivity contribution in [1.29, 1.82) is 0 Å². The molecule has 0 spiro atoms. The van der Waals surface area contributed by atoms with Crippen LogP contribution in [0.1, 0.15) is 22.8 Å². The van der Waals surface area contributed by atoms with E-state index in [1.807, 2.05) is 19.2 Å². The van der Waals surface area contributed by atoms with Crippen LogP contribution < -0.4 is 5.43 Å². The number of carbonyl (C=O) groups is 1. The van der Waals surface area contributed by atoms with Crippen molar-refractivity contribution in [3.63, 3.8) is 0 Å². The summed E-state index contributed by atoms with van der Waals surface area (Å²) in [7, 11) is 0. The number of aromatic nitrogens is 2. The quantitative estimate of drug-likeness (QED) is 0.688. The molecular formula is C13H14N2O3S. The number of carbonyl (C=O) groups excluding carboxylic acids is 1. The van der Waals surface area contributed by atoms with Gasteiger partial charge in [-0.3, -0.25) is 4.79 Å². The third kappa shape index (κ3) is 2.49. The molecule has 5 nitrogen and oxygen atoms in total. The first kappa shape index (κ1) is 13.6. The summed E-state index contributed by atoms with van der Waals surface area (Å²) in [5.74, 6) is -0.625. The lowest BCUT2D eigenvalue weighted by Gasteiger charge is -2.06. The zero-order valence-corrected chi connectivity index (χ0v) is 11.8. The van der Waals surface area contributed by atoms with Gasteiger partial charge in [0.05, 0.1) is 17.1 Å². The summed E-state index contributed by atoms with van der Waals surface area (Å²) < 4.78 is 4.85. The molecule has 0 saturated heterocycles. The number of fused-ring (bicyclic) bond motifs is 1. The van der Waals surface area contributed by atoms with E-state index < -0.39 is 11.4 Å². The Morgan fingerprint density at radius 1 is 1.53 bits per heavy atom. The van der Waals surface area contributed by atoms with Gasteiger partial charge in [-0.15, -0.1) is 11.8 Å². The third-order valence-corrected chi connectivity index (χ3v) is 3.35. The Morgan fingerprint density at radius 3 is 2.89 bits per heavy atom. The molecule has 0 atom stereocenters. The molecule has 1 N–H and O–H groups in total. The monoisotopic (exact) mass is 278 g/mol. The van der Waals surface area contributed by atoms with Gasteiger partial charge in [0.25, 0.3) is 0 Å². The number of hydrogen-bond acceptors (Lipinski definition) is 5. The van der Waals surface area contributed by atoms with Crippen molar-refractivity contribution in [2.45, 2.75) is 18.9 Å². The van der Waals surface area contributed by atoms with Crippen LogP contribution in [0.5, 0.6) is 0 Å². The molecule has 0 aliphatic heterocycles. The van der Waals surface area contributed by atoms with Crippen LogP contribution in [0, 0.1) is 6.92 Å². The van der Waals surface area contributed by atoms with Crippen molar-refractivity contribution in [2.24, 2.45) is 0 Å². The van der Waals surface area contributed by atoms with Crippen LogP contribution >= 0.6 is 11.8 Å². The van der Waals surface area contributed by atoms with Gasteiger partial charge in [-0.05, 0) is 31.7 Å². The lowest BCUT2D eigenvalue weighted by atomic mass is 10.2. The number of pyridine rings is 2. The fraction of sp³-hybridized carbons (Fsp3) is 0.308. The number of aromatic amines is 1. The van der Waals surface area contributed by atoms with Crippen LogP contribution in [-0.2, 0) is 4.74 Å². The smallest absolute Gasteiger partial charge is 0.343 e. The first-order chi connectivity index (χ1) is 9.08. The van der Waals surface area contributed by atoms with Gasteiger partial charge in [-0.25, -0.2) is 9.78 Å². The first-order valence-electron chi connectivity index (χ1n) is 5.82. The van der Waals surface area contributed by atoms with E-state index in [9.17, 15) is 9.59 Å². The Bertz CT molecular complexity index is 694. The molecule has 0 radical (unpaired) electrons. The Morgan fingerprint density at radius 2 is 2.26 bits per heavy atom. The highest BCUT2D eigenvalue weighted by atomic mass is 32.2. The fourth-order valence-electron chi connectivity index (χ4n) is 1.79. The van der Waals surface area contributed by atoms with Crippen molar-refractivity contribution >= 4 is 28.8 Å². The van der Waals surface area contributed by atoms with Crippen LogP contribution in [0.3, 0.4) is 0 Å². The molecule has 19 heavy (non-hydrogen) atoms. The molecule has 0 unspecified atom stereocenters. The molecule has 0 aromatic carbocycles. The Balaban J connectivity index is 2.70. The molecule has 0 amide bonds. The number of aryl methyl sites for hydroxylation is 1. The highest BCUT2D eigenvalue weighted by Gasteiger charge is 2.16. The van der Waals surface area contributed by atoms with Crippen molar-refractivity contribution in [3.05, 3.63) is 33.6 Å². The molecule has 2 rings (SSSR count). The van der Waals surface area contributed by atoms with Crippen molar-refractivity contribution < 1.29 is 9.53 Å². The van der Waals surface area contributed by atoms with Crippen molar-refractivity contribution in [3.8, 4) is 0 Å². The van der Waals surface area contributed by atoms with Gasteiger partial charge in [-0.1, -0.05) is 0 Å². The molecule has 2 heterocycles. The minimum Gasteiger partial charge on any atom is -0.462 e. The summed E-state index contributed by atoms with van der Waals surface area (Å²) in [4.78, 5) is 31.2. The lowest BCUT2D eigenvalue weighted by molar-refractivity contribution is 0.0524. The normalized spacial score (nSPS) is 10.7. The maximum absolute atomic E-state index is 12.3. The van der Waals surface area contributed by atoms with Gasteiger partial charge in [0.1, 0.15) is 11.1 Å². The Labute approximate surface area is 114 Å². The number of thioether (sulfide) groups is 1. The number of hydrogen-bond donors (Lipinski definition) is 1. The zero-order valence-electron chi connectivity index (χ0n) is 10.9. The van der Waals surface area contributed by atoms with Crippen LogP contribution in [0.15, 0.2) is 22.1 Å². The average molecular weight is 278 g/mol. The topological polar surface area (TPSA) is 72.1 Å².